The molecule has 1 aliphatic rings. The minimum atomic E-state index is -1.05. The number of rotatable bonds is 3. The van der Waals surface area contributed by atoms with Crippen LogP contribution in [-0.2, 0) is 14.3 Å². The molecule has 1 aromatic heterocycles. The van der Waals surface area contributed by atoms with E-state index in [2.05, 4.69) is 0 Å². The minimum absolute atomic E-state index is 0.0652. The first kappa shape index (κ1) is 13.4. The Kier molecular flexibility index (Phi) is 4.01. The predicted octanol–water partition coefficient (Wildman–Crippen LogP) is 0.913. The van der Waals surface area contributed by atoms with Crippen LogP contribution in [0.15, 0.2) is 22.6 Å². The summed E-state index contributed by atoms with van der Waals surface area (Å²) >= 11 is 0. The van der Waals surface area contributed by atoms with Crippen molar-refractivity contribution in [3.05, 3.63) is 29.7 Å². The number of hydrogen-bond donors (Lipinski definition) is 1. The van der Waals surface area contributed by atoms with Crippen LogP contribution in [0.2, 0.25) is 0 Å². The van der Waals surface area contributed by atoms with Gasteiger partial charge in [0.1, 0.15) is 11.5 Å². The molecular weight excluding hydrogens is 250 g/mol. The Hall–Kier alpha value is -2.08. The number of carboxylic acids is 1. The Morgan fingerprint density at radius 3 is 2.89 bits per heavy atom. The molecule has 1 aliphatic heterocycles. The third-order valence-corrected chi connectivity index (χ3v) is 2.80. The van der Waals surface area contributed by atoms with Gasteiger partial charge in [-0.15, -0.1) is 0 Å². The minimum Gasteiger partial charge on any atom is -0.479 e. The highest BCUT2D eigenvalue weighted by molar-refractivity contribution is 5.92. The normalized spacial score (nSPS) is 19.8. The molecule has 1 amide bonds. The first-order valence-electron chi connectivity index (χ1n) is 5.94. The number of morpholine rings is 1. The van der Waals surface area contributed by atoms with Gasteiger partial charge in [-0.05, 0) is 25.1 Å². The van der Waals surface area contributed by atoms with Gasteiger partial charge in [-0.1, -0.05) is 0 Å². The molecule has 6 heteroatoms. The smallest absolute Gasteiger partial charge is 0.334 e. The lowest BCUT2D eigenvalue weighted by atomic mass is 10.2. The third-order valence-electron chi connectivity index (χ3n) is 2.80. The summed E-state index contributed by atoms with van der Waals surface area (Å²) in [5.41, 5.74) is 0. The maximum atomic E-state index is 11.9. The van der Waals surface area contributed by atoms with E-state index in [1.807, 2.05) is 6.92 Å². The van der Waals surface area contributed by atoms with E-state index >= 15 is 0 Å². The van der Waals surface area contributed by atoms with E-state index in [0.717, 1.165) is 5.76 Å². The summed E-state index contributed by atoms with van der Waals surface area (Å²) in [6, 6.07) is 3.57. The number of ether oxygens (including phenoxy) is 1. The van der Waals surface area contributed by atoms with E-state index < -0.39 is 12.1 Å². The van der Waals surface area contributed by atoms with Crippen molar-refractivity contribution in [2.75, 3.05) is 19.7 Å². The molecule has 0 saturated carbocycles. The molecule has 1 saturated heterocycles. The molecule has 6 nitrogen and oxygen atoms in total. The number of aliphatic carboxylic acids is 1. The molecule has 0 bridgehead atoms. The first-order valence-corrected chi connectivity index (χ1v) is 5.94. The monoisotopic (exact) mass is 265 g/mol. The zero-order valence-electron chi connectivity index (χ0n) is 10.5. The fourth-order valence-corrected chi connectivity index (χ4v) is 1.80. The van der Waals surface area contributed by atoms with Gasteiger partial charge in [-0.25, -0.2) is 4.79 Å². The van der Waals surface area contributed by atoms with Gasteiger partial charge in [-0.2, -0.15) is 0 Å². The Morgan fingerprint density at radius 1 is 1.47 bits per heavy atom. The zero-order chi connectivity index (χ0) is 13.8. The highest BCUT2D eigenvalue weighted by Gasteiger charge is 2.27. The molecule has 1 N–H and O–H groups in total. The van der Waals surface area contributed by atoms with Crippen LogP contribution in [0.3, 0.4) is 0 Å². The molecule has 2 rings (SSSR count). The highest BCUT2D eigenvalue weighted by atomic mass is 16.5. The number of hydrogen-bond acceptors (Lipinski definition) is 4. The summed E-state index contributed by atoms with van der Waals surface area (Å²) in [7, 11) is 0. The quantitative estimate of drug-likeness (QED) is 0.822. The van der Waals surface area contributed by atoms with Gasteiger partial charge in [0.05, 0.1) is 13.2 Å². The Bertz CT molecular complexity index is 505. The summed E-state index contributed by atoms with van der Waals surface area (Å²) < 4.78 is 10.4. The van der Waals surface area contributed by atoms with Crippen molar-refractivity contribution in [2.45, 2.75) is 13.0 Å². The molecule has 19 heavy (non-hydrogen) atoms. The predicted molar refractivity (Wildman–Crippen MR) is 66.4 cm³/mol. The molecule has 2 heterocycles. The zero-order valence-corrected chi connectivity index (χ0v) is 10.5. The number of amides is 1. The topological polar surface area (TPSA) is 80.0 Å². The van der Waals surface area contributed by atoms with Gasteiger partial charge < -0.3 is 19.2 Å². The van der Waals surface area contributed by atoms with Crippen LogP contribution in [0.25, 0.3) is 6.08 Å². The van der Waals surface area contributed by atoms with Crippen molar-refractivity contribution >= 4 is 18.0 Å². The molecule has 0 spiro atoms. The average Bonchev–Trinajstić information content (AvgIpc) is 2.82. The van der Waals surface area contributed by atoms with Gasteiger partial charge in [0, 0.05) is 12.6 Å². The van der Waals surface area contributed by atoms with E-state index in [9.17, 15) is 9.59 Å². The van der Waals surface area contributed by atoms with Crippen molar-refractivity contribution in [3.8, 4) is 0 Å². The van der Waals surface area contributed by atoms with Crippen molar-refractivity contribution in [1.29, 1.82) is 0 Å². The molecule has 1 atom stereocenters. The summed E-state index contributed by atoms with van der Waals surface area (Å²) in [4.78, 5) is 24.2. The van der Waals surface area contributed by atoms with Crippen LogP contribution >= 0.6 is 0 Å². The number of carbonyl (C=O) groups is 2. The Morgan fingerprint density at radius 2 is 2.26 bits per heavy atom. The van der Waals surface area contributed by atoms with E-state index in [1.54, 1.807) is 18.2 Å². The van der Waals surface area contributed by atoms with E-state index in [4.69, 9.17) is 14.3 Å². The van der Waals surface area contributed by atoms with Gasteiger partial charge in [0.25, 0.3) is 0 Å². The van der Waals surface area contributed by atoms with Gasteiger partial charge in [-0.3, -0.25) is 4.79 Å². The molecular formula is C13H15NO5. The number of aryl methyl sites for hydroxylation is 1. The SMILES string of the molecule is Cc1ccc(/C=C/C(=O)N2CCO[C@@H](C(=O)O)C2)o1. The second-order valence-corrected chi connectivity index (χ2v) is 4.26. The van der Waals surface area contributed by atoms with Crippen LogP contribution in [0.5, 0.6) is 0 Å². The molecule has 102 valence electrons. The van der Waals surface area contributed by atoms with Crippen LogP contribution in [0.4, 0.5) is 0 Å². The Labute approximate surface area is 110 Å². The van der Waals surface area contributed by atoms with Crippen molar-refractivity contribution < 1.29 is 23.8 Å². The maximum absolute atomic E-state index is 11.9. The van der Waals surface area contributed by atoms with Crippen molar-refractivity contribution in [2.24, 2.45) is 0 Å². The van der Waals surface area contributed by atoms with Gasteiger partial charge in [0.15, 0.2) is 6.10 Å². The van der Waals surface area contributed by atoms with E-state index in [-0.39, 0.29) is 19.1 Å². The lowest BCUT2D eigenvalue weighted by Crippen LogP contribution is -2.48. The summed E-state index contributed by atoms with van der Waals surface area (Å²) in [5, 5.41) is 8.85. The van der Waals surface area contributed by atoms with E-state index in [0.29, 0.717) is 12.3 Å². The van der Waals surface area contributed by atoms with Gasteiger partial charge in [0.2, 0.25) is 5.91 Å². The maximum Gasteiger partial charge on any atom is 0.334 e. The molecule has 0 unspecified atom stereocenters. The standard InChI is InChI=1S/C13H15NO5/c1-9-2-3-10(19-9)4-5-12(15)14-6-7-18-11(8-14)13(16)17/h2-5,11H,6-8H2,1H3,(H,16,17)/b5-4+/t11-/m1/s1. The largest absolute Gasteiger partial charge is 0.479 e. The summed E-state index contributed by atoms with van der Waals surface area (Å²) in [6.07, 6.45) is 2.00. The summed E-state index contributed by atoms with van der Waals surface area (Å²) in [6.45, 7) is 2.51. The molecule has 0 aromatic carbocycles. The number of carbonyl (C=O) groups excluding carboxylic acids is 1. The molecule has 0 aliphatic carbocycles. The summed E-state index contributed by atoms with van der Waals surface area (Å²) in [5.74, 6) is 0.0602. The van der Waals surface area contributed by atoms with Crippen molar-refractivity contribution in [1.82, 2.24) is 4.90 Å². The third kappa shape index (κ3) is 3.45. The lowest BCUT2D eigenvalue weighted by Gasteiger charge is -2.29. The second-order valence-electron chi connectivity index (χ2n) is 4.26. The second kappa shape index (κ2) is 5.71. The molecule has 0 radical (unpaired) electrons. The van der Waals surface area contributed by atoms with E-state index in [1.165, 1.54) is 11.0 Å². The molecule has 1 aromatic rings. The van der Waals surface area contributed by atoms with Crippen LogP contribution in [0, 0.1) is 6.92 Å². The average molecular weight is 265 g/mol. The highest BCUT2D eigenvalue weighted by Crippen LogP contribution is 2.10. The fourth-order valence-electron chi connectivity index (χ4n) is 1.80. The Balaban J connectivity index is 1.96. The van der Waals surface area contributed by atoms with Crippen LogP contribution in [-0.4, -0.2) is 47.7 Å². The molecule has 1 fully saturated rings. The van der Waals surface area contributed by atoms with Crippen LogP contribution in [0.1, 0.15) is 11.5 Å². The number of carboxylic acid groups (broad SMARTS) is 1. The van der Waals surface area contributed by atoms with Crippen LogP contribution < -0.4 is 0 Å². The number of nitrogens with zero attached hydrogens (tertiary/aromatic N) is 1. The fraction of sp³-hybridized carbons (Fsp3) is 0.385. The number of furan rings is 1. The van der Waals surface area contributed by atoms with Gasteiger partial charge >= 0.3 is 5.97 Å². The lowest BCUT2D eigenvalue weighted by molar-refractivity contribution is -0.158. The van der Waals surface area contributed by atoms with Crippen molar-refractivity contribution in [3.63, 3.8) is 0 Å². The first-order chi connectivity index (χ1) is 9.06.